The highest BCUT2D eigenvalue weighted by Gasteiger charge is 2.38. The molecule has 0 amide bonds. The molecule has 1 aliphatic heterocycles. The number of hydrogen-bond acceptors (Lipinski definition) is 2. The van der Waals surface area contributed by atoms with Crippen LogP contribution in [0.4, 0.5) is 0 Å². The Morgan fingerprint density at radius 1 is 1.25 bits per heavy atom. The van der Waals surface area contributed by atoms with E-state index < -0.39 is 0 Å². The molecular formula is C18H28N2. The second-order valence-corrected chi connectivity index (χ2v) is 7.12. The van der Waals surface area contributed by atoms with Crippen molar-refractivity contribution in [2.45, 2.75) is 57.0 Å². The molecule has 3 rings (SSSR count). The van der Waals surface area contributed by atoms with E-state index in [1.807, 2.05) is 0 Å². The topological polar surface area (TPSA) is 15.3 Å². The Morgan fingerprint density at radius 3 is 2.85 bits per heavy atom. The lowest BCUT2D eigenvalue weighted by Crippen LogP contribution is -2.42. The molecular weight excluding hydrogens is 244 g/mol. The molecule has 0 bridgehead atoms. The van der Waals surface area contributed by atoms with Gasteiger partial charge < -0.3 is 5.32 Å². The minimum Gasteiger partial charge on any atom is -0.318 e. The van der Waals surface area contributed by atoms with Crippen molar-refractivity contribution in [2.24, 2.45) is 0 Å². The van der Waals surface area contributed by atoms with Crippen LogP contribution in [0.2, 0.25) is 0 Å². The Bertz CT molecular complexity index is 466. The molecule has 2 atom stereocenters. The average Bonchev–Trinajstić information content (AvgIpc) is 2.88. The van der Waals surface area contributed by atoms with Gasteiger partial charge in [-0.15, -0.1) is 0 Å². The number of rotatable bonds is 3. The third kappa shape index (κ3) is 2.40. The van der Waals surface area contributed by atoms with Gasteiger partial charge in [0.1, 0.15) is 0 Å². The molecule has 2 heteroatoms. The van der Waals surface area contributed by atoms with Gasteiger partial charge in [0, 0.05) is 18.6 Å². The van der Waals surface area contributed by atoms with E-state index >= 15 is 0 Å². The van der Waals surface area contributed by atoms with Gasteiger partial charge in [0.15, 0.2) is 0 Å². The summed E-state index contributed by atoms with van der Waals surface area (Å²) in [6, 6.07) is 10.5. The third-order valence-corrected chi connectivity index (χ3v) is 5.35. The smallest absolute Gasteiger partial charge is 0.0354 e. The lowest BCUT2D eigenvalue weighted by molar-refractivity contribution is 0.149. The van der Waals surface area contributed by atoms with Crippen LogP contribution in [0.25, 0.3) is 0 Å². The van der Waals surface area contributed by atoms with Crippen molar-refractivity contribution in [2.75, 3.05) is 20.1 Å². The maximum absolute atomic E-state index is 3.38. The number of fused-ring (bicyclic) bond motifs is 1. The van der Waals surface area contributed by atoms with Crippen LogP contribution in [0, 0.1) is 0 Å². The van der Waals surface area contributed by atoms with Crippen LogP contribution in [0.15, 0.2) is 24.3 Å². The summed E-state index contributed by atoms with van der Waals surface area (Å²) >= 11 is 0. The van der Waals surface area contributed by atoms with Gasteiger partial charge in [-0.3, -0.25) is 4.90 Å². The molecule has 1 aromatic carbocycles. The first-order chi connectivity index (χ1) is 9.63. The number of hydrogen-bond donors (Lipinski definition) is 1. The number of nitrogens with one attached hydrogen (secondary N) is 1. The van der Waals surface area contributed by atoms with Crippen molar-refractivity contribution in [3.63, 3.8) is 0 Å². The molecule has 0 radical (unpaired) electrons. The molecule has 1 fully saturated rings. The standard InChI is InChI=1S/C18H28N2/c1-18(2)11-10-17(15-8-4-5-9-16(15)18)20-12-6-7-14(20)13-19-3/h4-5,8-9,14,17,19H,6-7,10-13H2,1-3H3. The first-order valence-corrected chi connectivity index (χ1v) is 8.13. The van der Waals surface area contributed by atoms with E-state index in [0.29, 0.717) is 11.5 Å². The van der Waals surface area contributed by atoms with Gasteiger partial charge in [0.2, 0.25) is 0 Å². The van der Waals surface area contributed by atoms with Gasteiger partial charge in [0.25, 0.3) is 0 Å². The van der Waals surface area contributed by atoms with Crippen LogP contribution in [0.1, 0.15) is 56.7 Å². The van der Waals surface area contributed by atoms with Gasteiger partial charge in [-0.25, -0.2) is 0 Å². The van der Waals surface area contributed by atoms with E-state index in [1.54, 1.807) is 11.1 Å². The van der Waals surface area contributed by atoms with Crippen molar-refractivity contribution < 1.29 is 0 Å². The van der Waals surface area contributed by atoms with Gasteiger partial charge in [-0.05, 0) is 55.8 Å². The van der Waals surface area contributed by atoms with Crippen molar-refractivity contribution in [3.05, 3.63) is 35.4 Å². The summed E-state index contributed by atoms with van der Waals surface area (Å²) in [4.78, 5) is 2.77. The Hall–Kier alpha value is -0.860. The van der Waals surface area contributed by atoms with Crippen LogP contribution >= 0.6 is 0 Å². The summed E-state index contributed by atoms with van der Waals surface area (Å²) in [7, 11) is 2.08. The molecule has 2 aliphatic rings. The number of likely N-dealkylation sites (N-methyl/N-ethyl adjacent to an activating group) is 1. The van der Waals surface area contributed by atoms with Crippen molar-refractivity contribution in [3.8, 4) is 0 Å². The van der Waals surface area contributed by atoms with E-state index in [9.17, 15) is 0 Å². The Morgan fingerprint density at radius 2 is 2.05 bits per heavy atom. The SMILES string of the molecule is CNCC1CCCN1C1CCC(C)(C)c2ccccc21. The maximum Gasteiger partial charge on any atom is 0.0354 e. The fourth-order valence-corrected chi connectivity index (χ4v) is 4.26. The second-order valence-electron chi connectivity index (χ2n) is 7.12. The fraction of sp³-hybridized carbons (Fsp3) is 0.667. The lowest BCUT2D eigenvalue weighted by Gasteiger charge is -2.42. The zero-order valence-electron chi connectivity index (χ0n) is 13.2. The third-order valence-electron chi connectivity index (χ3n) is 5.35. The van der Waals surface area contributed by atoms with E-state index in [1.165, 1.54) is 32.2 Å². The molecule has 1 aliphatic carbocycles. The normalized spacial score (nSPS) is 29.4. The van der Waals surface area contributed by atoms with E-state index in [0.717, 1.165) is 12.6 Å². The van der Waals surface area contributed by atoms with Crippen LogP contribution in [-0.4, -0.2) is 31.1 Å². The summed E-state index contributed by atoms with van der Waals surface area (Å²) in [6.45, 7) is 7.20. The van der Waals surface area contributed by atoms with Crippen LogP contribution < -0.4 is 5.32 Å². The highest BCUT2D eigenvalue weighted by atomic mass is 15.2. The molecule has 0 spiro atoms. The van der Waals surface area contributed by atoms with Crippen LogP contribution in [-0.2, 0) is 5.41 Å². The molecule has 110 valence electrons. The van der Waals surface area contributed by atoms with E-state index in [4.69, 9.17) is 0 Å². The number of benzene rings is 1. The van der Waals surface area contributed by atoms with Gasteiger partial charge >= 0.3 is 0 Å². The van der Waals surface area contributed by atoms with Crippen molar-refractivity contribution in [1.29, 1.82) is 0 Å². The summed E-state index contributed by atoms with van der Waals surface area (Å²) in [5.74, 6) is 0. The molecule has 1 heterocycles. The Labute approximate surface area is 123 Å². The summed E-state index contributed by atoms with van der Waals surface area (Å²) in [5, 5.41) is 3.38. The Balaban J connectivity index is 1.92. The van der Waals surface area contributed by atoms with Crippen molar-refractivity contribution in [1.82, 2.24) is 10.2 Å². The fourth-order valence-electron chi connectivity index (χ4n) is 4.26. The van der Waals surface area contributed by atoms with Crippen LogP contribution in [0.3, 0.4) is 0 Å². The molecule has 1 N–H and O–H groups in total. The molecule has 0 aromatic heterocycles. The van der Waals surface area contributed by atoms with Gasteiger partial charge in [-0.2, -0.15) is 0 Å². The zero-order valence-corrected chi connectivity index (χ0v) is 13.2. The quantitative estimate of drug-likeness (QED) is 0.906. The highest BCUT2D eigenvalue weighted by Crippen LogP contribution is 2.45. The molecule has 20 heavy (non-hydrogen) atoms. The number of nitrogens with zero attached hydrogens (tertiary/aromatic N) is 1. The molecule has 2 nitrogen and oxygen atoms in total. The Kier molecular flexibility index (Phi) is 3.87. The summed E-state index contributed by atoms with van der Waals surface area (Å²) in [5.41, 5.74) is 3.50. The van der Waals surface area contributed by atoms with Gasteiger partial charge in [-0.1, -0.05) is 38.1 Å². The van der Waals surface area contributed by atoms with Gasteiger partial charge in [0.05, 0.1) is 0 Å². The number of likely N-dealkylation sites (tertiary alicyclic amines) is 1. The molecule has 0 saturated carbocycles. The van der Waals surface area contributed by atoms with Crippen molar-refractivity contribution >= 4 is 0 Å². The van der Waals surface area contributed by atoms with E-state index in [2.05, 4.69) is 55.4 Å². The predicted molar refractivity (Wildman–Crippen MR) is 85.1 cm³/mol. The van der Waals surface area contributed by atoms with Crippen LogP contribution in [0.5, 0.6) is 0 Å². The minimum absolute atomic E-state index is 0.339. The highest BCUT2D eigenvalue weighted by molar-refractivity contribution is 5.38. The molecule has 1 saturated heterocycles. The average molecular weight is 272 g/mol. The monoisotopic (exact) mass is 272 g/mol. The first kappa shape index (κ1) is 14.1. The van der Waals surface area contributed by atoms with E-state index in [-0.39, 0.29) is 0 Å². The first-order valence-electron chi connectivity index (χ1n) is 8.13. The maximum atomic E-state index is 3.38. The largest absolute Gasteiger partial charge is 0.318 e. The predicted octanol–water partition coefficient (Wildman–Crippen LogP) is 3.48. The minimum atomic E-state index is 0.339. The zero-order chi connectivity index (χ0) is 14.2. The molecule has 1 aromatic rings. The summed E-state index contributed by atoms with van der Waals surface area (Å²) < 4.78 is 0. The molecule has 2 unspecified atom stereocenters. The lowest BCUT2D eigenvalue weighted by atomic mass is 9.70. The second kappa shape index (κ2) is 5.50. The summed E-state index contributed by atoms with van der Waals surface area (Å²) in [6.07, 6.45) is 5.32.